The number of hydrogen-bond donors (Lipinski definition) is 3. The Balaban J connectivity index is 0.000000233. The second-order valence-electron chi connectivity index (χ2n) is 8.25. The molecule has 2 aromatic rings. The first kappa shape index (κ1) is 25.6. The van der Waals surface area contributed by atoms with Crippen LogP contribution in [0, 0.1) is 24.2 Å². The topological polar surface area (TPSA) is 84.2 Å². The summed E-state index contributed by atoms with van der Waals surface area (Å²) < 4.78 is 12.2. The summed E-state index contributed by atoms with van der Waals surface area (Å²) in [5, 5.41) is 23.3. The Bertz CT molecular complexity index is 871. The van der Waals surface area contributed by atoms with Crippen molar-refractivity contribution in [2.45, 2.75) is 51.5 Å². The fourth-order valence-corrected chi connectivity index (χ4v) is 4.23. The lowest BCUT2D eigenvalue weighted by atomic mass is 9.94. The molecule has 0 radical (unpaired) electrons. The fraction of sp³-hybridized carbons (Fsp3) is 0.520. The van der Waals surface area contributed by atoms with Crippen molar-refractivity contribution in [3.63, 3.8) is 0 Å². The zero-order valence-electron chi connectivity index (χ0n) is 19.5. The Morgan fingerprint density at radius 1 is 1.22 bits per heavy atom. The molecule has 1 aromatic carbocycles. The summed E-state index contributed by atoms with van der Waals surface area (Å²) in [6.45, 7) is 7.76. The van der Waals surface area contributed by atoms with Gasteiger partial charge in [-0.15, -0.1) is 0 Å². The van der Waals surface area contributed by atoms with E-state index in [1.165, 1.54) is 44.8 Å². The standard InChI is InChI=1S/C16H21N3.C6H7FN2.C3H8O/c1-13-4-5-15(14(10-13)11-17)18-12-16-6-2-8-19(16)9-3-7-16;1-8-6-4-2-3-5(7)9-6;1-2-3-4/h4-5,10,18H,2-3,6-9,12H2,1H3;2-4H,1H3,(H,8,9);4H,2-3H2,1H3. The second-order valence-corrected chi connectivity index (χ2v) is 8.25. The molecular weight excluding hydrogens is 405 g/mol. The molecule has 7 heteroatoms. The molecule has 1 aromatic heterocycles. The summed E-state index contributed by atoms with van der Waals surface area (Å²) in [6.07, 6.45) is 6.11. The third kappa shape index (κ3) is 7.18. The summed E-state index contributed by atoms with van der Waals surface area (Å²) in [7, 11) is 1.70. The zero-order valence-corrected chi connectivity index (χ0v) is 19.5. The van der Waals surface area contributed by atoms with Gasteiger partial charge < -0.3 is 15.7 Å². The number of aryl methyl sites for hydroxylation is 1. The number of rotatable bonds is 5. The van der Waals surface area contributed by atoms with Crippen LogP contribution in [-0.4, -0.2) is 53.8 Å². The van der Waals surface area contributed by atoms with E-state index in [2.05, 4.69) is 32.7 Å². The molecule has 174 valence electrons. The number of nitrogens with zero attached hydrogens (tertiary/aromatic N) is 3. The van der Waals surface area contributed by atoms with E-state index in [1.807, 2.05) is 26.0 Å². The zero-order chi connectivity index (χ0) is 23.4. The highest BCUT2D eigenvalue weighted by Crippen LogP contribution is 2.39. The molecule has 0 saturated carbocycles. The second kappa shape index (κ2) is 13.0. The monoisotopic (exact) mass is 441 g/mol. The van der Waals surface area contributed by atoms with Crippen LogP contribution in [-0.2, 0) is 0 Å². The smallest absolute Gasteiger partial charge is 0.214 e. The first-order valence-corrected chi connectivity index (χ1v) is 11.4. The Morgan fingerprint density at radius 2 is 1.91 bits per heavy atom. The Hall–Kier alpha value is -2.69. The third-order valence-electron chi connectivity index (χ3n) is 5.91. The molecule has 0 bridgehead atoms. The first-order valence-electron chi connectivity index (χ1n) is 11.4. The summed E-state index contributed by atoms with van der Waals surface area (Å²) in [4.78, 5) is 6.15. The molecule has 4 rings (SSSR count). The number of nitriles is 1. The van der Waals surface area contributed by atoms with Crippen LogP contribution in [0.15, 0.2) is 36.4 Å². The van der Waals surface area contributed by atoms with Gasteiger partial charge in [-0.3, -0.25) is 4.90 Å². The number of hydrogen-bond acceptors (Lipinski definition) is 6. The van der Waals surface area contributed by atoms with Crippen molar-refractivity contribution in [2.24, 2.45) is 0 Å². The molecule has 2 aliphatic rings. The minimum absolute atomic E-state index is 0.319. The van der Waals surface area contributed by atoms with Gasteiger partial charge >= 0.3 is 0 Å². The van der Waals surface area contributed by atoms with E-state index in [4.69, 9.17) is 5.11 Å². The molecule has 0 spiro atoms. The van der Waals surface area contributed by atoms with Crippen molar-refractivity contribution in [1.29, 1.82) is 5.26 Å². The van der Waals surface area contributed by atoms with Gasteiger partial charge in [-0.2, -0.15) is 9.65 Å². The van der Waals surface area contributed by atoms with E-state index < -0.39 is 5.95 Å². The lowest BCUT2D eigenvalue weighted by Gasteiger charge is -2.32. The number of pyridine rings is 1. The lowest BCUT2D eigenvalue weighted by molar-refractivity contribution is 0.209. The van der Waals surface area contributed by atoms with Crippen LogP contribution in [0.1, 0.15) is 50.2 Å². The number of halogens is 1. The Labute approximate surface area is 191 Å². The van der Waals surface area contributed by atoms with Gasteiger partial charge in [0.1, 0.15) is 11.9 Å². The van der Waals surface area contributed by atoms with E-state index in [0.717, 1.165) is 29.8 Å². The molecule has 6 nitrogen and oxygen atoms in total. The van der Waals surface area contributed by atoms with Gasteiger partial charge in [0.15, 0.2) is 0 Å². The minimum atomic E-state index is -0.457. The molecule has 2 fully saturated rings. The minimum Gasteiger partial charge on any atom is -0.396 e. The van der Waals surface area contributed by atoms with Gasteiger partial charge in [0.25, 0.3) is 0 Å². The number of nitrogens with one attached hydrogen (secondary N) is 2. The highest BCUT2D eigenvalue weighted by Gasteiger charge is 2.43. The van der Waals surface area contributed by atoms with Crippen LogP contribution >= 0.6 is 0 Å². The van der Waals surface area contributed by atoms with Crippen LogP contribution < -0.4 is 10.6 Å². The third-order valence-corrected chi connectivity index (χ3v) is 5.91. The molecular formula is C25H36FN5O. The number of fused-ring (bicyclic) bond motifs is 1. The molecule has 2 saturated heterocycles. The van der Waals surface area contributed by atoms with Crippen LogP contribution in [0.3, 0.4) is 0 Å². The quantitative estimate of drug-likeness (QED) is 0.590. The van der Waals surface area contributed by atoms with Gasteiger partial charge in [0.05, 0.1) is 11.3 Å². The highest BCUT2D eigenvalue weighted by molar-refractivity contribution is 5.58. The molecule has 2 aliphatic heterocycles. The predicted octanol–water partition coefficient (Wildman–Crippen LogP) is 4.56. The van der Waals surface area contributed by atoms with E-state index in [0.29, 0.717) is 18.0 Å². The van der Waals surface area contributed by atoms with Crippen molar-refractivity contribution >= 4 is 11.5 Å². The van der Waals surface area contributed by atoms with Crippen molar-refractivity contribution in [3.05, 3.63) is 53.5 Å². The Morgan fingerprint density at radius 3 is 2.44 bits per heavy atom. The Kier molecular flexibility index (Phi) is 10.4. The maximum absolute atomic E-state index is 12.2. The highest BCUT2D eigenvalue weighted by atomic mass is 19.1. The number of anilines is 2. The predicted molar refractivity (Wildman–Crippen MR) is 128 cm³/mol. The number of aliphatic hydroxyl groups excluding tert-OH is 1. The van der Waals surface area contributed by atoms with Crippen LogP contribution in [0.5, 0.6) is 0 Å². The summed E-state index contributed by atoms with van der Waals surface area (Å²) in [5.74, 6) is 0.0943. The number of benzene rings is 1. The maximum Gasteiger partial charge on any atom is 0.214 e. The molecule has 3 N–H and O–H groups in total. The summed E-state index contributed by atoms with van der Waals surface area (Å²) in [6, 6.07) is 13.0. The largest absolute Gasteiger partial charge is 0.396 e. The molecule has 3 heterocycles. The number of aliphatic hydroxyl groups is 1. The van der Waals surface area contributed by atoms with Crippen molar-refractivity contribution in [3.8, 4) is 6.07 Å². The van der Waals surface area contributed by atoms with Crippen LogP contribution in [0.4, 0.5) is 15.9 Å². The van der Waals surface area contributed by atoms with Gasteiger partial charge in [-0.1, -0.05) is 19.1 Å². The van der Waals surface area contributed by atoms with Crippen molar-refractivity contribution in [1.82, 2.24) is 9.88 Å². The average Bonchev–Trinajstić information content (AvgIpc) is 3.39. The first-order chi connectivity index (χ1) is 15.5. The van der Waals surface area contributed by atoms with Gasteiger partial charge in [-0.25, -0.2) is 4.98 Å². The summed E-state index contributed by atoms with van der Waals surface area (Å²) >= 11 is 0. The van der Waals surface area contributed by atoms with Gasteiger partial charge in [-0.05, 0) is 81.9 Å². The number of aromatic nitrogens is 1. The molecule has 0 atom stereocenters. The summed E-state index contributed by atoms with van der Waals surface area (Å²) in [5.41, 5.74) is 3.25. The van der Waals surface area contributed by atoms with Gasteiger partial charge in [0, 0.05) is 25.7 Å². The maximum atomic E-state index is 12.2. The van der Waals surface area contributed by atoms with E-state index in [-0.39, 0.29) is 0 Å². The lowest BCUT2D eigenvalue weighted by Crippen LogP contribution is -2.44. The van der Waals surface area contributed by atoms with Crippen molar-refractivity contribution < 1.29 is 9.50 Å². The van der Waals surface area contributed by atoms with E-state index in [9.17, 15) is 9.65 Å². The van der Waals surface area contributed by atoms with Crippen LogP contribution in [0.25, 0.3) is 0 Å². The molecule has 0 aliphatic carbocycles. The SMILES string of the molecule is CCCO.CNc1cccc(F)n1.Cc1ccc(NCC23CCCN2CCC3)c(C#N)c1. The van der Waals surface area contributed by atoms with Crippen LogP contribution in [0.2, 0.25) is 0 Å². The normalized spacial score (nSPS) is 16.0. The fourth-order valence-electron chi connectivity index (χ4n) is 4.23. The molecule has 0 unspecified atom stereocenters. The average molecular weight is 442 g/mol. The van der Waals surface area contributed by atoms with Gasteiger partial charge in [0.2, 0.25) is 5.95 Å². The van der Waals surface area contributed by atoms with E-state index >= 15 is 0 Å². The molecule has 0 amide bonds. The molecule has 32 heavy (non-hydrogen) atoms. The van der Waals surface area contributed by atoms with E-state index in [1.54, 1.807) is 19.2 Å². The van der Waals surface area contributed by atoms with Crippen molar-refractivity contribution in [2.75, 3.05) is 43.9 Å².